The van der Waals surface area contributed by atoms with Gasteiger partial charge in [-0.25, -0.2) is 13.9 Å². The smallest absolute Gasteiger partial charge is 0.152 e. The number of aliphatic hydroxyl groups excluding tert-OH is 1. The molecule has 0 bridgehead atoms. The van der Waals surface area contributed by atoms with Crippen molar-refractivity contribution in [1.82, 2.24) is 30.0 Å². The molecule has 1 aliphatic rings. The lowest BCUT2D eigenvalue weighted by Crippen LogP contribution is -2.13. The third-order valence-corrected chi connectivity index (χ3v) is 3.95. The molecular formula is C13H14FN7O2. The van der Waals surface area contributed by atoms with Crippen molar-refractivity contribution in [1.29, 1.82) is 0 Å². The van der Waals surface area contributed by atoms with Crippen LogP contribution in [0.15, 0.2) is 18.6 Å². The number of nitrogens with zero attached hydrogens (tertiary/aromatic N) is 5. The number of fused-ring (bicyclic) bond motifs is 1. The maximum Gasteiger partial charge on any atom is 0.152 e. The Balaban J connectivity index is 1.90. The highest BCUT2D eigenvalue weighted by Gasteiger charge is 2.38. The second-order valence-electron chi connectivity index (χ2n) is 5.36. The molecule has 0 spiro atoms. The normalized spacial score (nSPS) is 24.5. The highest BCUT2D eigenvalue weighted by atomic mass is 19.1. The zero-order valence-electron chi connectivity index (χ0n) is 11.9. The van der Waals surface area contributed by atoms with Crippen LogP contribution >= 0.6 is 0 Å². The van der Waals surface area contributed by atoms with Crippen LogP contribution in [0.4, 0.5) is 10.2 Å². The molecular weight excluding hydrogens is 305 g/mol. The number of H-pyrrole nitrogens is 1. The molecule has 3 atom stereocenters. The molecule has 10 heteroatoms. The molecule has 3 unspecified atom stereocenters. The van der Waals surface area contributed by atoms with Crippen LogP contribution in [0.25, 0.3) is 16.8 Å². The van der Waals surface area contributed by atoms with Gasteiger partial charge in [0.1, 0.15) is 29.8 Å². The van der Waals surface area contributed by atoms with E-state index in [1.807, 2.05) is 0 Å². The van der Waals surface area contributed by atoms with E-state index in [-0.39, 0.29) is 18.8 Å². The van der Waals surface area contributed by atoms with E-state index in [4.69, 9.17) is 10.5 Å². The lowest BCUT2D eigenvalue weighted by molar-refractivity contribution is -0.00198. The van der Waals surface area contributed by atoms with Gasteiger partial charge >= 0.3 is 0 Å². The Morgan fingerprint density at radius 1 is 1.52 bits per heavy atom. The molecule has 0 radical (unpaired) electrons. The second kappa shape index (κ2) is 5.25. The monoisotopic (exact) mass is 319 g/mol. The average Bonchev–Trinajstić information content (AvgIpc) is 3.25. The molecule has 1 saturated heterocycles. The molecule has 1 aliphatic heterocycles. The number of aromatic amines is 1. The van der Waals surface area contributed by atoms with Gasteiger partial charge in [-0.1, -0.05) is 0 Å². The minimum atomic E-state index is -1.24. The number of nitrogen functional groups attached to an aromatic ring is 1. The summed E-state index contributed by atoms with van der Waals surface area (Å²) >= 11 is 0. The SMILES string of the molecule is Nc1ncnn2c(C3OC(CO)CC3F)cc(-c3cn[nH]n3)c12. The molecule has 0 amide bonds. The van der Waals surface area contributed by atoms with Crippen molar-refractivity contribution in [3.8, 4) is 11.3 Å². The first-order chi connectivity index (χ1) is 11.2. The fourth-order valence-electron chi connectivity index (χ4n) is 2.92. The molecule has 0 aromatic carbocycles. The lowest BCUT2D eigenvalue weighted by Gasteiger charge is -2.13. The van der Waals surface area contributed by atoms with Crippen LogP contribution in [-0.2, 0) is 4.74 Å². The lowest BCUT2D eigenvalue weighted by atomic mass is 10.1. The van der Waals surface area contributed by atoms with Gasteiger partial charge in [0.15, 0.2) is 5.82 Å². The number of rotatable bonds is 3. The summed E-state index contributed by atoms with van der Waals surface area (Å²) in [6, 6.07) is 1.72. The molecule has 4 N–H and O–H groups in total. The Labute approximate surface area is 129 Å². The van der Waals surface area contributed by atoms with Gasteiger partial charge in [0, 0.05) is 12.0 Å². The van der Waals surface area contributed by atoms with Gasteiger partial charge in [0.2, 0.25) is 0 Å². The quantitative estimate of drug-likeness (QED) is 0.631. The molecule has 23 heavy (non-hydrogen) atoms. The zero-order chi connectivity index (χ0) is 16.0. The van der Waals surface area contributed by atoms with Crippen molar-refractivity contribution in [3.63, 3.8) is 0 Å². The number of ether oxygens (including phenoxy) is 1. The highest BCUT2D eigenvalue weighted by molar-refractivity contribution is 5.86. The molecule has 4 rings (SSSR count). The van der Waals surface area contributed by atoms with Gasteiger partial charge < -0.3 is 15.6 Å². The maximum atomic E-state index is 14.3. The van der Waals surface area contributed by atoms with Crippen LogP contribution in [0.2, 0.25) is 0 Å². The highest BCUT2D eigenvalue weighted by Crippen LogP contribution is 2.39. The van der Waals surface area contributed by atoms with E-state index in [9.17, 15) is 9.50 Å². The number of nitrogens with two attached hydrogens (primary N) is 1. The molecule has 120 valence electrons. The number of halogens is 1. The maximum absolute atomic E-state index is 14.3. The summed E-state index contributed by atoms with van der Waals surface area (Å²) in [6.45, 7) is -0.229. The standard InChI is InChI=1S/C13H14FN7O2/c14-8-1-6(4-22)23-12(8)10-2-7(9-3-17-20-19-9)11-13(15)16-5-18-21(10)11/h2-3,5-6,8,12,22H,1,4H2,(H2,15,16,18)(H,17,19,20). The van der Waals surface area contributed by atoms with E-state index in [1.54, 1.807) is 6.07 Å². The number of aliphatic hydroxyl groups is 1. The third kappa shape index (κ3) is 2.14. The number of alkyl halides is 1. The van der Waals surface area contributed by atoms with Crippen molar-refractivity contribution < 1.29 is 14.2 Å². The summed E-state index contributed by atoms with van der Waals surface area (Å²) in [6.07, 6.45) is 0.347. The predicted octanol–water partition coefficient (Wildman–Crippen LogP) is 0.257. The zero-order valence-corrected chi connectivity index (χ0v) is 11.9. The van der Waals surface area contributed by atoms with E-state index in [2.05, 4.69) is 25.5 Å². The number of nitrogens with one attached hydrogen (secondary N) is 1. The summed E-state index contributed by atoms with van der Waals surface area (Å²) in [7, 11) is 0. The van der Waals surface area contributed by atoms with Crippen molar-refractivity contribution in [2.75, 3.05) is 12.3 Å². The molecule has 4 heterocycles. The first kappa shape index (κ1) is 14.0. The summed E-state index contributed by atoms with van der Waals surface area (Å²) in [5, 5.41) is 23.7. The Hall–Kier alpha value is -2.59. The molecule has 3 aromatic heterocycles. The average molecular weight is 319 g/mol. The molecule has 0 saturated carbocycles. The predicted molar refractivity (Wildman–Crippen MR) is 77.0 cm³/mol. The van der Waals surface area contributed by atoms with Gasteiger partial charge in [-0.2, -0.15) is 20.5 Å². The first-order valence-corrected chi connectivity index (χ1v) is 7.07. The van der Waals surface area contributed by atoms with E-state index in [0.717, 1.165) is 0 Å². The van der Waals surface area contributed by atoms with Crippen molar-refractivity contribution in [3.05, 3.63) is 24.3 Å². The van der Waals surface area contributed by atoms with Gasteiger partial charge in [-0.05, 0) is 6.07 Å². The van der Waals surface area contributed by atoms with E-state index in [0.29, 0.717) is 22.5 Å². The molecule has 0 aliphatic carbocycles. The number of anilines is 1. The fourth-order valence-corrected chi connectivity index (χ4v) is 2.92. The molecule has 3 aromatic rings. The number of aromatic nitrogens is 6. The third-order valence-electron chi connectivity index (χ3n) is 3.95. The van der Waals surface area contributed by atoms with Crippen molar-refractivity contribution >= 4 is 11.3 Å². The Bertz CT molecular complexity index is 834. The molecule has 9 nitrogen and oxygen atoms in total. The van der Waals surface area contributed by atoms with Gasteiger partial charge in [0.25, 0.3) is 0 Å². The second-order valence-corrected chi connectivity index (χ2v) is 5.36. The topological polar surface area (TPSA) is 127 Å². The summed E-state index contributed by atoms with van der Waals surface area (Å²) < 4.78 is 21.4. The molecule has 1 fully saturated rings. The largest absolute Gasteiger partial charge is 0.394 e. The number of hydrogen-bond acceptors (Lipinski definition) is 7. The van der Waals surface area contributed by atoms with Crippen LogP contribution in [0.3, 0.4) is 0 Å². The minimum Gasteiger partial charge on any atom is -0.394 e. The van der Waals surface area contributed by atoms with E-state index < -0.39 is 18.4 Å². The Morgan fingerprint density at radius 2 is 2.39 bits per heavy atom. The van der Waals surface area contributed by atoms with Crippen LogP contribution < -0.4 is 5.73 Å². The summed E-state index contributed by atoms with van der Waals surface area (Å²) in [4.78, 5) is 3.98. The van der Waals surface area contributed by atoms with Crippen molar-refractivity contribution in [2.24, 2.45) is 0 Å². The summed E-state index contributed by atoms with van der Waals surface area (Å²) in [5.41, 5.74) is 8.15. The fraction of sp³-hybridized carbons (Fsp3) is 0.385. The number of hydrogen-bond donors (Lipinski definition) is 3. The van der Waals surface area contributed by atoms with Gasteiger partial charge in [-0.3, -0.25) is 0 Å². The summed E-state index contributed by atoms with van der Waals surface area (Å²) in [5.74, 6) is 0.247. The van der Waals surface area contributed by atoms with Crippen molar-refractivity contribution in [2.45, 2.75) is 24.8 Å². The van der Waals surface area contributed by atoms with Crippen LogP contribution in [-0.4, -0.2) is 54.0 Å². The van der Waals surface area contributed by atoms with E-state index in [1.165, 1.54) is 17.0 Å². The van der Waals surface area contributed by atoms with E-state index >= 15 is 0 Å². The van der Waals surface area contributed by atoms with Gasteiger partial charge in [0.05, 0.1) is 24.6 Å². The Morgan fingerprint density at radius 3 is 3.09 bits per heavy atom. The minimum absolute atomic E-state index is 0.133. The van der Waals surface area contributed by atoms with Crippen LogP contribution in [0, 0.1) is 0 Å². The first-order valence-electron chi connectivity index (χ1n) is 7.07. The van der Waals surface area contributed by atoms with Gasteiger partial charge in [-0.15, -0.1) is 0 Å². The van der Waals surface area contributed by atoms with Crippen LogP contribution in [0.1, 0.15) is 18.2 Å². The Kier molecular flexibility index (Phi) is 3.20. The van der Waals surface area contributed by atoms with Crippen LogP contribution in [0.5, 0.6) is 0 Å².